The molecule has 0 aliphatic heterocycles. The van der Waals surface area contributed by atoms with Gasteiger partial charge in [-0.2, -0.15) is 0 Å². The van der Waals surface area contributed by atoms with Crippen molar-refractivity contribution in [2.45, 2.75) is 37.1 Å². The fourth-order valence-corrected chi connectivity index (χ4v) is 3.46. The normalized spacial score (nSPS) is 25.4. The van der Waals surface area contributed by atoms with Gasteiger partial charge in [0, 0.05) is 7.05 Å². The number of oxazole rings is 1. The zero-order chi connectivity index (χ0) is 19.0. The van der Waals surface area contributed by atoms with E-state index in [4.69, 9.17) is 4.42 Å². The number of carbonyl (C=O) groups is 1. The van der Waals surface area contributed by atoms with E-state index in [1.165, 1.54) is 12.6 Å². The minimum absolute atomic E-state index is 0.121. The van der Waals surface area contributed by atoms with E-state index in [1.807, 2.05) is 0 Å². The summed E-state index contributed by atoms with van der Waals surface area (Å²) in [7, 11) is 1.74. The van der Waals surface area contributed by atoms with Crippen molar-refractivity contribution >= 4 is 22.9 Å². The summed E-state index contributed by atoms with van der Waals surface area (Å²) in [6.07, 6.45) is 4.11. The molecule has 1 fully saturated rings. The van der Waals surface area contributed by atoms with Gasteiger partial charge in [0.05, 0.1) is 18.4 Å². The van der Waals surface area contributed by atoms with Gasteiger partial charge in [0.25, 0.3) is 5.91 Å². The number of imidazole rings is 1. The molecule has 3 aromatic heterocycles. The molecule has 0 aromatic carbocycles. The van der Waals surface area contributed by atoms with E-state index in [2.05, 4.69) is 30.6 Å². The zero-order valence-electron chi connectivity index (χ0n) is 14.5. The fraction of sp³-hybridized carbons (Fsp3) is 0.438. The molecule has 11 heteroatoms. The van der Waals surface area contributed by atoms with Gasteiger partial charge in [-0.1, -0.05) is 0 Å². The number of aliphatic hydroxyl groups is 2. The first-order valence-electron chi connectivity index (χ1n) is 8.50. The Hall–Kier alpha value is -3.05. The summed E-state index contributed by atoms with van der Waals surface area (Å²) < 4.78 is 6.52. The van der Waals surface area contributed by atoms with Crippen LogP contribution < -0.4 is 10.6 Å². The van der Waals surface area contributed by atoms with E-state index >= 15 is 0 Å². The van der Waals surface area contributed by atoms with Crippen molar-refractivity contribution in [1.29, 1.82) is 0 Å². The molecule has 0 radical (unpaired) electrons. The molecule has 0 bridgehead atoms. The molecular formula is C16H19N7O4. The topological polar surface area (TPSA) is 151 Å². The fourth-order valence-electron chi connectivity index (χ4n) is 3.46. The summed E-state index contributed by atoms with van der Waals surface area (Å²) in [6, 6.07) is -1.03. The molecular weight excluding hydrogens is 354 g/mol. The number of fused-ring (bicyclic) bond motifs is 1. The molecule has 1 aliphatic carbocycles. The van der Waals surface area contributed by atoms with Crippen LogP contribution in [-0.4, -0.2) is 65.9 Å². The predicted molar refractivity (Wildman–Crippen MR) is 92.9 cm³/mol. The first-order chi connectivity index (χ1) is 13.1. The average molecular weight is 373 g/mol. The van der Waals surface area contributed by atoms with E-state index in [1.54, 1.807) is 17.9 Å². The smallest absolute Gasteiger partial charge is 0.273 e. The molecule has 11 nitrogen and oxygen atoms in total. The molecule has 4 N–H and O–H groups in total. The number of rotatable bonds is 4. The monoisotopic (exact) mass is 373 g/mol. The molecule has 142 valence electrons. The van der Waals surface area contributed by atoms with Crippen LogP contribution >= 0.6 is 0 Å². The number of amides is 1. The maximum Gasteiger partial charge on any atom is 0.273 e. The number of hydrogen-bond donors (Lipinski definition) is 4. The highest BCUT2D eigenvalue weighted by Gasteiger charge is 2.40. The predicted octanol–water partition coefficient (Wildman–Crippen LogP) is -0.289. The number of carbonyl (C=O) groups excluding carboxylic acids is 1. The highest BCUT2D eigenvalue weighted by Crippen LogP contribution is 2.32. The molecule has 4 atom stereocenters. The maximum atomic E-state index is 12.1. The van der Waals surface area contributed by atoms with Crippen molar-refractivity contribution in [2.75, 3.05) is 12.4 Å². The average Bonchev–Trinajstić information content (AvgIpc) is 3.35. The van der Waals surface area contributed by atoms with E-state index in [0.717, 1.165) is 6.39 Å². The molecule has 1 aliphatic rings. The standard InChI is InChI=1S/C16H19N7O4/c1-17-14-11-15(19-5-18-14)23(6-20-11)10-3-2-8(12(24)13(10)25)22-16(26)9-4-27-7-21-9/h4-8,10,12-13,24-25H,2-3H2,1H3,(H,22,26)(H,17,18,19)/t8-,10-,12-,13-/m1/s1. The first kappa shape index (κ1) is 17.4. The van der Waals surface area contributed by atoms with Gasteiger partial charge in [-0.25, -0.2) is 19.9 Å². The molecule has 0 saturated heterocycles. The van der Waals surface area contributed by atoms with E-state index in [0.29, 0.717) is 29.8 Å². The molecule has 3 aromatic rings. The third-order valence-electron chi connectivity index (χ3n) is 4.86. The lowest BCUT2D eigenvalue weighted by atomic mass is 9.85. The summed E-state index contributed by atoms with van der Waals surface area (Å²) in [5.41, 5.74) is 1.27. The van der Waals surface area contributed by atoms with Crippen molar-refractivity contribution in [1.82, 2.24) is 29.8 Å². The second-order valence-corrected chi connectivity index (χ2v) is 6.38. The number of anilines is 1. The van der Waals surface area contributed by atoms with Gasteiger partial charge in [0.15, 0.2) is 23.6 Å². The van der Waals surface area contributed by atoms with Crippen LogP contribution in [0, 0.1) is 0 Å². The van der Waals surface area contributed by atoms with Crippen LogP contribution in [0.1, 0.15) is 29.4 Å². The second kappa shape index (κ2) is 6.93. The third kappa shape index (κ3) is 3.00. The van der Waals surface area contributed by atoms with Crippen LogP contribution in [0.2, 0.25) is 0 Å². The van der Waals surface area contributed by atoms with Crippen molar-refractivity contribution in [2.24, 2.45) is 0 Å². The van der Waals surface area contributed by atoms with Crippen LogP contribution in [-0.2, 0) is 0 Å². The molecule has 4 rings (SSSR count). The highest BCUT2D eigenvalue weighted by molar-refractivity contribution is 5.92. The van der Waals surface area contributed by atoms with E-state index < -0.39 is 30.2 Å². The van der Waals surface area contributed by atoms with Crippen LogP contribution in [0.5, 0.6) is 0 Å². The minimum Gasteiger partial charge on any atom is -0.451 e. The van der Waals surface area contributed by atoms with Crippen LogP contribution in [0.3, 0.4) is 0 Å². The number of hydrogen-bond acceptors (Lipinski definition) is 9. The lowest BCUT2D eigenvalue weighted by Crippen LogP contribution is -2.54. The van der Waals surface area contributed by atoms with E-state index in [-0.39, 0.29) is 5.69 Å². The molecule has 3 heterocycles. The summed E-state index contributed by atoms with van der Waals surface area (Å²) in [5, 5.41) is 26.8. The Morgan fingerprint density at radius 2 is 2.07 bits per heavy atom. The quantitative estimate of drug-likeness (QED) is 0.483. The van der Waals surface area contributed by atoms with Gasteiger partial charge >= 0.3 is 0 Å². The molecule has 1 amide bonds. The number of aromatic nitrogens is 5. The Morgan fingerprint density at radius 1 is 1.22 bits per heavy atom. The van der Waals surface area contributed by atoms with Crippen molar-refractivity contribution < 1.29 is 19.4 Å². The molecule has 1 saturated carbocycles. The van der Waals surface area contributed by atoms with Crippen molar-refractivity contribution in [3.05, 3.63) is 31.0 Å². The SMILES string of the molecule is CNc1ncnc2c1ncn2[C@@H]1CC[C@@H](NC(=O)c2cocn2)[C@@H](O)[C@@H]1O. The Morgan fingerprint density at radius 3 is 2.81 bits per heavy atom. The summed E-state index contributed by atoms with van der Waals surface area (Å²) >= 11 is 0. The van der Waals surface area contributed by atoms with Crippen LogP contribution in [0.15, 0.2) is 29.7 Å². The van der Waals surface area contributed by atoms with Gasteiger partial charge in [-0.15, -0.1) is 0 Å². The Kier molecular flexibility index (Phi) is 4.46. The third-order valence-corrected chi connectivity index (χ3v) is 4.86. The van der Waals surface area contributed by atoms with E-state index in [9.17, 15) is 15.0 Å². The second-order valence-electron chi connectivity index (χ2n) is 6.38. The van der Waals surface area contributed by atoms with Crippen LogP contribution in [0.4, 0.5) is 5.82 Å². The number of aliphatic hydroxyl groups excluding tert-OH is 2. The van der Waals surface area contributed by atoms with Gasteiger partial charge in [0.1, 0.15) is 30.3 Å². The lowest BCUT2D eigenvalue weighted by Gasteiger charge is -2.38. The highest BCUT2D eigenvalue weighted by atomic mass is 16.3. The van der Waals surface area contributed by atoms with Crippen molar-refractivity contribution in [3.63, 3.8) is 0 Å². The molecule has 27 heavy (non-hydrogen) atoms. The van der Waals surface area contributed by atoms with Crippen LogP contribution in [0.25, 0.3) is 11.2 Å². The van der Waals surface area contributed by atoms with Gasteiger partial charge in [-0.05, 0) is 12.8 Å². The largest absolute Gasteiger partial charge is 0.451 e. The summed E-state index contributed by atoms with van der Waals surface area (Å²) in [5.74, 6) is 0.125. The van der Waals surface area contributed by atoms with Gasteiger partial charge in [-0.3, -0.25) is 4.79 Å². The lowest BCUT2D eigenvalue weighted by molar-refractivity contribution is -0.0553. The number of nitrogens with one attached hydrogen (secondary N) is 2. The maximum absolute atomic E-state index is 12.1. The Balaban J connectivity index is 1.53. The summed E-state index contributed by atoms with van der Waals surface area (Å²) in [6.45, 7) is 0. The number of nitrogens with zero attached hydrogens (tertiary/aromatic N) is 5. The van der Waals surface area contributed by atoms with Crippen molar-refractivity contribution in [3.8, 4) is 0 Å². The van der Waals surface area contributed by atoms with Gasteiger partial charge < -0.3 is 29.8 Å². The zero-order valence-corrected chi connectivity index (χ0v) is 14.5. The van der Waals surface area contributed by atoms with Gasteiger partial charge in [0.2, 0.25) is 0 Å². The summed E-state index contributed by atoms with van der Waals surface area (Å²) in [4.78, 5) is 28.6. The minimum atomic E-state index is -1.15. The Labute approximate surface area is 153 Å². The Bertz CT molecular complexity index is 942. The first-order valence-corrected chi connectivity index (χ1v) is 8.50. The molecule has 0 unspecified atom stereocenters. The molecule has 0 spiro atoms.